The van der Waals surface area contributed by atoms with Crippen LogP contribution in [0.3, 0.4) is 0 Å². The van der Waals surface area contributed by atoms with Crippen molar-refractivity contribution in [1.29, 1.82) is 0 Å². The number of Topliss-reactive ketones (excluding diaryl/α,β-unsaturated/α-hetero) is 1. The summed E-state index contributed by atoms with van der Waals surface area (Å²) in [5.41, 5.74) is 1.16. The third kappa shape index (κ3) is 4.13. The SMILES string of the molecule is CCN(CC(=O)N1CCC(=O)CC1)Cc1ccncc1. The number of likely N-dealkylation sites (tertiary alicyclic amines) is 1. The molecule has 0 N–H and O–H groups in total. The van der Waals surface area contributed by atoms with Crippen molar-refractivity contribution in [2.45, 2.75) is 26.3 Å². The molecule has 1 saturated heterocycles. The van der Waals surface area contributed by atoms with Gasteiger partial charge in [-0.05, 0) is 24.2 Å². The van der Waals surface area contributed by atoms with Crippen molar-refractivity contribution in [3.8, 4) is 0 Å². The van der Waals surface area contributed by atoms with Crippen LogP contribution in [-0.4, -0.2) is 52.7 Å². The lowest BCUT2D eigenvalue weighted by molar-refractivity contribution is -0.135. The number of nitrogens with zero attached hydrogens (tertiary/aromatic N) is 3. The summed E-state index contributed by atoms with van der Waals surface area (Å²) < 4.78 is 0. The summed E-state index contributed by atoms with van der Waals surface area (Å²) >= 11 is 0. The summed E-state index contributed by atoms with van der Waals surface area (Å²) in [6.45, 7) is 5.18. The molecule has 0 saturated carbocycles. The van der Waals surface area contributed by atoms with E-state index in [1.165, 1.54) is 0 Å². The highest BCUT2D eigenvalue weighted by molar-refractivity contribution is 5.84. The molecule has 0 unspecified atom stereocenters. The van der Waals surface area contributed by atoms with Gasteiger partial charge in [0, 0.05) is 44.9 Å². The maximum absolute atomic E-state index is 12.2. The van der Waals surface area contributed by atoms with E-state index in [0.717, 1.165) is 18.7 Å². The molecule has 0 spiro atoms. The van der Waals surface area contributed by atoms with Crippen LogP contribution in [-0.2, 0) is 16.1 Å². The van der Waals surface area contributed by atoms with Gasteiger partial charge in [0.15, 0.2) is 0 Å². The maximum atomic E-state index is 12.2. The minimum Gasteiger partial charge on any atom is -0.341 e. The molecule has 1 amide bonds. The lowest BCUT2D eigenvalue weighted by Crippen LogP contribution is -2.44. The molecule has 1 aromatic heterocycles. The Morgan fingerprint density at radius 2 is 1.95 bits per heavy atom. The monoisotopic (exact) mass is 275 g/mol. The fourth-order valence-electron chi connectivity index (χ4n) is 2.32. The predicted molar refractivity (Wildman–Crippen MR) is 76.0 cm³/mol. The van der Waals surface area contributed by atoms with Gasteiger partial charge < -0.3 is 4.90 Å². The Balaban J connectivity index is 1.86. The summed E-state index contributed by atoms with van der Waals surface area (Å²) in [5.74, 6) is 0.381. The van der Waals surface area contributed by atoms with Crippen LogP contribution >= 0.6 is 0 Å². The zero-order chi connectivity index (χ0) is 14.4. The summed E-state index contributed by atoms with van der Waals surface area (Å²) in [6.07, 6.45) is 4.53. The summed E-state index contributed by atoms with van der Waals surface area (Å²) in [5, 5.41) is 0. The number of carbonyl (C=O) groups is 2. The number of rotatable bonds is 5. The van der Waals surface area contributed by atoms with Crippen molar-refractivity contribution >= 4 is 11.7 Å². The van der Waals surface area contributed by atoms with Crippen LogP contribution in [0.4, 0.5) is 0 Å². The number of pyridine rings is 1. The van der Waals surface area contributed by atoms with E-state index < -0.39 is 0 Å². The average Bonchev–Trinajstić information content (AvgIpc) is 2.48. The molecule has 1 aromatic rings. The first kappa shape index (κ1) is 14.7. The van der Waals surface area contributed by atoms with Gasteiger partial charge in [0.2, 0.25) is 5.91 Å². The molecule has 108 valence electrons. The van der Waals surface area contributed by atoms with E-state index in [4.69, 9.17) is 0 Å². The van der Waals surface area contributed by atoms with Crippen molar-refractivity contribution in [1.82, 2.24) is 14.8 Å². The minimum atomic E-state index is 0.119. The van der Waals surface area contributed by atoms with E-state index >= 15 is 0 Å². The van der Waals surface area contributed by atoms with E-state index in [2.05, 4.69) is 9.88 Å². The van der Waals surface area contributed by atoms with Crippen LogP contribution in [0, 0.1) is 0 Å². The van der Waals surface area contributed by atoms with Gasteiger partial charge in [-0.15, -0.1) is 0 Å². The maximum Gasteiger partial charge on any atom is 0.236 e. The van der Waals surface area contributed by atoms with Crippen molar-refractivity contribution in [2.75, 3.05) is 26.2 Å². The lowest BCUT2D eigenvalue weighted by atomic mass is 10.1. The molecule has 1 fully saturated rings. The molecule has 2 heterocycles. The Hall–Kier alpha value is -1.75. The quantitative estimate of drug-likeness (QED) is 0.807. The Kier molecular flexibility index (Phi) is 5.24. The van der Waals surface area contributed by atoms with E-state index in [9.17, 15) is 9.59 Å². The summed E-state index contributed by atoms with van der Waals surface area (Å²) in [7, 11) is 0. The number of amides is 1. The van der Waals surface area contributed by atoms with Crippen molar-refractivity contribution in [3.63, 3.8) is 0 Å². The number of likely N-dealkylation sites (N-methyl/N-ethyl adjacent to an activating group) is 1. The highest BCUT2D eigenvalue weighted by Gasteiger charge is 2.22. The van der Waals surface area contributed by atoms with Gasteiger partial charge in [-0.2, -0.15) is 0 Å². The number of hydrogen-bond donors (Lipinski definition) is 0. The number of aromatic nitrogens is 1. The van der Waals surface area contributed by atoms with Gasteiger partial charge in [-0.3, -0.25) is 19.5 Å². The molecule has 0 bridgehead atoms. The molecule has 2 rings (SSSR count). The highest BCUT2D eigenvalue weighted by Crippen LogP contribution is 2.08. The van der Waals surface area contributed by atoms with Crippen LogP contribution in [0.15, 0.2) is 24.5 Å². The average molecular weight is 275 g/mol. The third-order valence-electron chi connectivity index (χ3n) is 3.64. The molecule has 5 nitrogen and oxygen atoms in total. The standard InChI is InChI=1S/C15H21N3O2/c1-2-17(11-13-3-7-16-8-4-13)12-15(20)18-9-5-14(19)6-10-18/h3-4,7-8H,2,5-6,9-12H2,1H3. The van der Waals surface area contributed by atoms with Gasteiger partial charge in [-0.25, -0.2) is 0 Å². The second kappa shape index (κ2) is 7.14. The molecule has 0 aromatic carbocycles. The van der Waals surface area contributed by atoms with Crippen LogP contribution in [0.5, 0.6) is 0 Å². The van der Waals surface area contributed by atoms with E-state index in [1.807, 2.05) is 19.1 Å². The second-order valence-electron chi connectivity index (χ2n) is 5.08. The van der Waals surface area contributed by atoms with Gasteiger partial charge in [-0.1, -0.05) is 6.92 Å². The number of hydrogen-bond acceptors (Lipinski definition) is 4. The lowest BCUT2D eigenvalue weighted by Gasteiger charge is -2.29. The Labute approximate surface area is 119 Å². The molecular formula is C15H21N3O2. The molecule has 1 aliphatic heterocycles. The number of piperidine rings is 1. The fourth-order valence-corrected chi connectivity index (χ4v) is 2.32. The van der Waals surface area contributed by atoms with Crippen LogP contribution in [0.2, 0.25) is 0 Å². The van der Waals surface area contributed by atoms with Crippen LogP contribution in [0.1, 0.15) is 25.3 Å². The fraction of sp³-hybridized carbons (Fsp3) is 0.533. The first-order chi connectivity index (χ1) is 9.69. The first-order valence-electron chi connectivity index (χ1n) is 7.09. The molecule has 1 aliphatic rings. The molecule has 5 heteroatoms. The highest BCUT2D eigenvalue weighted by atomic mass is 16.2. The molecule has 0 aliphatic carbocycles. The minimum absolute atomic E-state index is 0.119. The van der Waals surface area contributed by atoms with Gasteiger partial charge in [0.1, 0.15) is 5.78 Å². The predicted octanol–water partition coefficient (Wildman–Crippen LogP) is 1.09. The largest absolute Gasteiger partial charge is 0.341 e. The van der Waals surface area contributed by atoms with Gasteiger partial charge >= 0.3 is 0 Å². The Morgan fingerprint density at radius 3 is 2.55 bits per heavy atom. The normalized spacial score (nSPS) is 15.7. The zero-order valence-electron chi connectivity index (χ0n) is 11.9. The van der Waals surface area contributed by atoms with Gasteiger partial charge in [0.05, 0.1) is 6.54 Å². The molecule has 20 heavy (non-hydrogen) atoms. The smallest absolute Gasteiger partial charge is 0.236 e. The topological polar surface area (TPSA) is 53.5 Å². The molecule has 0 atom stereocenters. The van der Waals surface area contributed by atoms with Crippen molar-refractivity contribution in [3.05, 3.63) is 30.1 Å². The van der Waals surface area contributed by atoms with Crippen LogP contribution in [0.25, 0.3) is 0 Å². The first-order valence-corrected chi connectivity index (χ1v) is 7.09. The van der Waals surface area contributed by atoms with E-state index in [-0.39, 0.29) is 11.7 Å². The summed E-state index contributed by atoms with van der Waals surface area (Å²) in [6, 6.07) is 3.93. The van der Waals surface area contributed by atoms with Gasteiger partial charge in [0.25, 0.3) is 0 Å². The molecular weight excluding hydrogens is 254 g/mol. The third-order valence-corrected chi connectivity index (χ3v) is 3.64. The number of carbonyl (C=O) groups excluding carboxylic acids is 2. The van der Waals surface area contributed by atoms with E-state index in [1.54, 1.807) is 17.3 Å². The van der Waals surface area contributed by atoms with Crippen LogP contribution < -0.4 is 0 Å². The number of ketones is 1. The second-order valence-corrected chi connectivity index (χ2v) is 5.08. The summed E-state index contributed by atoms with van der Waals surface area (Å²) in [4.78, 5) is 31.3. The zero-order valence-corrected chi connectivity index (χ0v) is 11.9. The Morgan fingerprint density at radius 1 is 1.30 bits per heavy atom. The Bertz CT molecular complexity index is 451. The van der Waals surface area contributed by atoms with Crippen molar-refractivity contribution in [2.24, 2.45) is 0 Å². The van der Waals surface area contributed by atoms with E-state index in [0.29, 0.717) is 32.5 Å². The molecule has 0 radical (unpaired) electrons. The van der Waals surface area contributed by atoms with Crippen molar-refractivity contribution < 1.29 is 9.59 Å².